The summed E-state index contributed by atoms with van der Waals surface area (Å²) in [6.07, 6.45) is 0.477. The molecule has 0 bridgehead atoms. The highest BCUT2D eigenvalue weighted by Gasteiger charge is 2.37. The monoisotopic (exact) mass is 394 g/mol. The van der Waals surface area contributed by atoms with Gasteiger partial charge in [0, 0.05) is 12.0 Å². The molecular formula is C20H18N4O3S. The van der Waals surface area contributed by atoms with Crippen LogP contribution >= 0.6 is 12.2 Å². The molecule has 1 aliphatic rings. The van der Waals surface area contributed by atoms with E-state index in [1.165, 1.54) is 7.11 Å². The third-order valence-corrected chi connectivity index (χ3v) is 4.79. The number of aromatic nitrogens is 2. The second-order valence-electron chi connectivity index (χ2n) is 6.39. The molecule has 4 rings (SSSR count). The first-order valence-corrected chi connectivity index (χ1v) is 9.17. The topological polar surface area (TPSA) is 83.7 Å². The maximum Gasteiger partial charge on any atom is 0.284 e. The Morgan fingerprint density at radius 3 is 2.57 bits per heavy atom. The zero-order valence-electron chi connectivity index (χ0n) is 15.2. The van der Waals surface area contributed by atoms with Gasteiger partial charge >= 0.3 is 0 Å². The van der Waals surface area contributed by atoms with E-state index in [9.17, 15) is 4.79 Å². The van der Waals surface area contributed by atoms with Crippen molar-refractivity contribution in [2.45, 2.75) is 12.5 Å². The number of hydrogen-bond acceptors (Lipinski definition) is 6. The maximum atomic E-state index is 13.2. The van der Waals surface area contributed by atoms with E-state index in [-0.39, 0.29) is 16.8 Å². The quantitative estimate of drug-likeness (QED) is 0.534. The van der Waals surface area contributed by atoms with Crippen molar-refractivity contribution in [3.05, 3.63) is 70.9 Å². The second-order valence-corrected chi connectivity index (χ2v) is 6.76. The van der Waals surface area contributed by atoms with Crippen LogP contribution in [0.25, 0.3) is 11.1 Å². The van der Waals surface area contributed by atoms with Gasteiger partial charge in [0.2, 0.25) is 5.89 Å². The van der Waals surface area contributed by atoms with E-state index >= 15 is 0 Å². The Hall–Kier alpha value is -3.26. The van der Waals surface area contributed by atoms with Gasteiger partial charge < -0.3 is 14.2 Å². The molecule has 1 unspecified atom stereocenters. The number of amides is 1. The highest BCUT2D eigenvalue weighted by Crippen LogP contribution is 2.31. The lowest BCUT2D eigenvalue weighted by Gasteiger charge is -2.21. The number of nitrogens with zero attached hydrogens (tertiary/aromatic N) is 3. The fourth-order valence-electron chi connectivity index (χ4n) is 3.32. The molecule has 1 atom stereocenters. The number of likely N-dealkylation sites (tertiary alicyclic amines) is 1. The summed E-state index contributed by atoms with van der Waals surface area (Å²) in [5.41, 5.74) is 3.47. The third kappa shape index (κ3) is 3.59. The lowest BCUT2D eigenvalue weighted by atomic mass is 10.0. The first-order chi connectivity index (χ1) is 13.7. The highest BCUT2D eigenvalue weighted by atomic mass is 32.1. The minimum Gasteiger partial charge on any atom is -0.412 e. The summed E-state index contributed by atoms with van der Waals surface area (Å²) in [6.45, 7) is 0.340. The lowest BCUT2D eigenvalue weighted by molar-refractivity contribution is 0.0718. The summed E-state index contributed by atoms with van der Waals surface area (Å²) in [7, 11) is 1.48. The van der Waals surface area contributed by atoms with Crippen molar-refractivity contribution < 1.29 is 14.0 Å². The van der Waals surface area contributed by atoms with Crippen molar-refractivity contribution in [1.82, 2.24) is 15.1 Å². The zero-order chi connectivity index (χ0) is 19.5. The summed E-state index contributed by atoms with van der Waals surface area (Å²) in [4.78, 5) is 19.9. The van der Waals surface area contributed by atoms with E-state index in [1.807, 2.05) is 54.6 Å². The molecule has 1 fully saturated rings. The van der Waals surface area contributed by atoms with Gasteiger partial charge in [-0.2, -0.15) is 0 Å². The van der Waals surface area contributed by atoms with Gasteiger partial charge in [-0.05, 0) is 35.5 Å². The molecule has 0 spiro atoms. The van der Waals surface area contributed by atoms with E-state index in [0.29, 0.717) is 24.4 Å². The molecule has 1 aromatic heterocycles. The number of rotatable bonds is 4. The number of benzene rings is 2. The van der Waals surface area contributed by atoms with Gasteiger partial charge in [0.1, 0.15) is 13.2 Å². The maximum absolute atomic E-state index is 13.2. The van der Waals surface area contributed by atoms with Gasteiger partial charge in [-0.3, -0.25) is 4.79 Å². The number of nitrogens with one attached hydrogen (secondary N) is 1. The van der Waals surface area contributed by atoms with Crippen molar-refractivity contribution in [3.8, 4) is 11.1 Å². The van der Waals surface area contributed by atoms with E-state index < -0.39 is 0 Å². The minimum atomic E-state index is -0.386. The normalized spacial score (nSPS) is 17.8. The summed E-state index contributed by atoms with van der Waals surface area (Å²) in [5.74, 6) is 0.232. The number of oxime groups is 1. The van der Waals surface area contributed by atoms with Crippen LogP contribution in [0.15, 0.2) is 64.2 Å². The van der Waals surface area contributed by atoms with E-state index in [4.69, 9.17) is 21.5 Å². The predicted molar refractivity (Wildman–Crippen MR) is 106 cm³/mol. The van der Waals surface area contributed by atoms with Gasteiger partial charge in [-0.15, -0.1) is 5.10 Å². The Morgan fingerprint density at radius 2 is 1.93 bits per heavy atom. The van der Waals surface area contributed by atoms with E-state index in [0.717, 1.165) is 16.8 Å². The number of hydrogen-bond donors (Lipinski definition) is 1. The molecule has 1 saturated heterocycles. The number of carbonyl (C=O) groups excluding carboxylic acids is 1. The van der Waals surface area contributed by atoms with Crippen molar-refractivity contribution >= 4 is 23.8 Å². The van der Waals surface area contributed by atoms with Crippen molar-refractivity contribution in [2.75, 3.05) is 13.7 Å². The van der Waals surface area contributed by atoms with Crippen LogP contribution < -0.4 is 0 Å². The van der Waals surface area contributed by atoms with E-state index in [2.05, 4.69) is 15.4 Å². The van der Waals surface area contributed by atoms with Crippen LogP contribution in [0.2, 0.25) is 0 Å². The molecule has 3 aromatic rings. The van der Waals surface area contributed by atoms with Crippen LogP contribution in [0, 0.1) is 4.84 Å². The summed E-state index contributed by atoms with van der Waals surface area (Å²) in [5, 5.41) is 10.7. The highest BCUT2D eigenvalue weighted by molar-refractivity contribution is 7.71. The number of aromatic amines is 1. The van der Waals surface area contributed by atoms with Crippen molar-refractivity contribution in [1.29, 1.82) is 0 Å². The van der Waals surface area contributed by atoms with Crippen LogP contribution in [0.4, 0.5) is 0 Å². The molecular weight excluding hydrogens is 376 g/mol. The molecule has 0 saturated carbocycles. The van der Waals surface area contributed by atoms with Crippen LogP contribution in [-0.4, -0.2) is 40.4 Å². The third-order valence-electron chi connectivity index (χ3n) is 4.62. The largest absolute Gasteiger partial charge is 0.412 e. The van der Waals surface area contributed by atoms with Crippen LogP contribution in [0.3, 0.4) is 0 Å². The SMILES string of the molecule is CO/N=C1/CC(c2n[nH]c(=S)o2)N(C(=O)c2ccc(-c3ccccc3)cc2)C1. The number of carbonyl (C=O) groups is 1. The Labute approximate surface area is 166 Å². The first kappa shape index (κ1) is 18.1. The first-order valence-electron chi connectivity index (χ1n) is 8.76. The lowest BCUT2D eigenvalue weighted by Crippen LogP contribution is -2.31. The van der Waals surface area contributed by atoms with Crippen molar-refractivity contribution in [3.63, 3.8) is 0 Å². The molecule has 2 aromatic carbocycles. The minimum absolute atomic E-state index is 0.130. The molecule has 1 aliphatic heterocycles. The molecule has 7 nitrogen and oxygen atoms in total. The summed E-state index contributed by atoms with van der Waals surface area (Å²) < 4.78 is 5.45. The Balaban J connectivity index is 1.61. The smallest absolute Gasteiger partial charge is 0.284 e. The average Bonchev–Trinajstić information content (AvgIpc) is 3.35. The van der Waals surface area contributed by atoms with Gasteiger partial charge in [0.25, 0.3) is 10.7 Å². The molecule has 8 heteroatoms. The molecule has 142 valence electrons. The van der Waals surface area contributed by atoms with Gasteiger partial charge in [-0.1, -0.05) is 47.6 Å². The molecule has 1 N–H and O–H groups in total. The van der Waals surface area contributed by atoms with E-state index in [1.54, 1.807) is 4.90 Å². The summed E-state index contributed by atoms with van der Waals surface area (Å²) >= 11 is 4.96. The Morgan fingerprint density at radius 1 is 1.21 bits per heavy atom. The van der Waals surface area contributed by atoms with Crippen LogP contribution in [0.5, 0.6) is 0 Å². The molecule has 1 amide bonds. The molecule has 28 heavy (non-hydrogen) atoms. The Kier molecular flexibility index (Phi) is 5.03. The molecule has 0 radical (unpaired) electrons. The van der Waals surface area contributed by atoms with Crippen molar-refractivity contribution in [2.24, 2.45) is 5.16 Å². The Bertz CT molecular complexity index is 1060. The second kappa shape index (κ2) is 7.77. The number of H-pyrrole nitrogens is 1. The fraction of sp³-hybridized carbons (Fsp3) is 0.200. The summed E-state index contributed by atoms with van der Waals surface area (Å²) in [6, 6.07) is 17.2. The average molecular weight is 394 g/mol. The van der Waals surface area contributed by atoms with Gasteiger partial charge in [0.15, 0.2) is 0 Å². The zero-order valence-corrected chi connectivity index (χ0v) is 16.0. The predicted octanol–water partition coefficient (Wildman–Crippen LogP) is 3.99. The fourth-order valence-corrected chi connectivity index (χ4v) is 3.45. The van der Waals surface area contributed by atoms with Gasteiger partial charge in [-0.25, -0.2) is 5.10 Å². The van der Waals surface area contributed by atoms with Crippen LogP contribution in [-0.2, 0) is 4.84 Å². The molecule has 0 aliphatic carbocycles. The molecule has 2 heterocycles. The standard InChI is InChI=1S/C20H18N4O3S/c1-26-23-16-11-17(18-21-22-20(28)27-18)24(12-16)19(25)15-9-7-14(8-10-15)13-5-3-2-4-6-13/h2-10,17H,11-12H2,1H3,(H,22,28)/b23-16-. The van der Waals surface area contributed by atoms with Gasteiger partial charge in [0.05, 0.1) is 12.3 Å². The van der Waals surface area contributed by atoms with Crippen LogP contribution in [0.1, 0.15) is 28.7 Å².